The third-order valence-corrected chi connectivity index (χ3v) is 11.1. The quantitative estimate of drug-likeness (QED) is 0.0691. The van der Waals surface area contributed by atoms with Gasteiger partial charge in [0.15, 0.2) is 25.0 Å². The van der Waals surface area contributed by atoms with Crippen LogP contribution in [0.3, 0.4) is 0 Å². The summed E-state index contributed by atoms with van der Waals surface area (Å²) in [6, 6.07) is -3.76. The highest BCUT2D eigenvalue weighted by atomic mass is 16.8. The average Bonchev–Trinajstić information content (AvgIpc) is 3.44. The van der Waals surface area contributed by atoms with Gasteiger partial charge in [-0.15, -0.1) is 0 Å². The third kappa shape index (κ3) is 10.0. The maximum atomic E-state index is 12.8. The predicted octanol–water partition coefficient (Wildman–Crippen LogP) is -8.63. The molecule has 0 aromatic heterocycles. The van der Waals surface area contributed by atoms with E-state index in [1.165, 1.54) is 0 Å². The van der Waals surface area contributed by atoms with Crippen LogP contribution < -0.4 is 45.0 Å². The Balaban J connectivity index is 1.31. The second-order valence-electron chi connectivity index (χ2n) is 15.2. The molecular weight excluding hydrogens is 720 g/mol. The summed E-state index contributed by atoms with van der Waals surface area (Å²) in [5, 5.41) is 80.1. The van der Waals surface area contributed by atoms with E-state index in [4.69, 9.17) is 62.8 Å². The van der Waals surface area contributed by atoms with Crippen molar-refractivity contribution in [3.05, 3.63) is 0 Å². The van der Waals surface area contributed by atoms with Crippen LogP contribution in [0.2, 0.25) is 0 Å². The Bertz CT molecular complexity index is 1180. The lowest BCUT2D eigenvalue weighted by molar-refractivity contribution is -0.290. The van der Waals surface area contributed by atoms with Gasteiger partial charge in [-0.3, -0.25) is 4.79 Å². The summed E-state index contributed by atoms with van der Waals surface area (Å²) in [4.78, 5) is 12.8. The fraction of sp³-hybridized carbons (Fsp3) is 0.969. The highest BCUT2D eigenvalue weighted by Crippen LogP contribution is 2.35. The van der Waals surface area contributed by atoms with E-state index in [0.29, 0.717) is 25.3 Å². The molecule has 3 heterocycles. The normalized spacial score (nSPS) is 46.8. The Morgan fingerprint density at radius 1 is 0.741 bits per heavy atom. The number of nitrogens with two attached hydrogens (primary N) is 6. The second kappa shape index (κ2) is 19.4. The zero-order valence-electron chi connectivity index (χ0n) is 30.1. The Hall–Kier alpha value is -1.33. The molecule has 0 spiro atoms. The summed E-state index contributed by atoms with van der Waals surface area (Å²) >= 11 is 0. The van der Waals surface area contributed by atoms with Crippen molar-refractivity contribution in [3.63, 3.8) is 0 Å². The van der Waals surface area contributed by atoms with E-state index in [2.05, 4.69) is 10.6 Å². The second-order valence-corrected chi connectivity index (χ2v) is 15.2. The lowest BCUT2D eigenvalue weighted by Gasteiger charge is -2.47. The smallest absolute Gasteiger partial charge is 0.251 e. The van der Waals surface area contributed by atoms with Crippen molar-refractivity contribution in [2.45, 2.75) is 154 Å². The molecule has 0 radical (unpaired) electrons. The van der Waals surface area contributed by atoms with E-state index in [9.17, 15) is 40.5 Å². The molecule has 2 aliphatic carbocycles. The molecule has 3 saturated heterocycles. The molecule has 0 aromatic rings. The highest BCUT2D eigenvalue weighted by Gasteiger charge is 2.54. The van der Waals surface area contributed by atoms with Gasteiger partial charge in [0, 0.05) is 31.7 Å². The molecule has 2 saturated carbocycles. The zero-order valence-corrected chi connectivity index (χ0v) is 30.1. The first-order chi connectivity index (χ1) is 25.7. The number of hydrogen-bond acceptors (Lipinski definition) is 21. The molecule has 3 aliphatic heterocycles. The SMILES string of the molecule is NC[C@@H]1O[C@H](O[C@H]2[C@@H](O)[C@H](O[C@@H]3[C@@H](O)[C@H](NC(=O)[C@@H](O)[C@@H](O)CN)C[C@H](N)[C@H]3O[C@H]3O[C@H](CNCC4CC(N)C4)CC[C@H]3N)O[C@@H]2CO)[C@H](N)[C@@H](O)[C@@H]1O. The fourth-order valence-electron chi connectivity index (χ4n) is 7.71. The molecule has 5 fully saturated rings. The zero-order chi connectivity index (χ0) is 39.4. The molecule has 0 aromatic carbocycles. The Morgan fingerprint density at radius 3 is 2.06 bits per heavy atom. The van der Waals surface area contributed by atoms with E-state index < -0.39 is 129 Å². The van der Waals surface area contributed by atoms with Crippen LogP contribution in [0.15, 0.2) is 0 Å². The summed E-state index contributed by atoms with van der Waals surface area (Å²) < 4.78 is 36.2. The number of amides is 1. The number of nitrogens with one attached hydrogen (secondary N) is 2. The number of carbonyl (C=O) groups excluding carboxylic acids is 1. The lowest BCUT2D eigenvalue weighted by Crippen LogP contribution is -2.67. The summed E-state index contributed by atoms with van der Waals surface area (Å²) in [7, 11) is 0. The number of hydrogen-bond donors (Lipinski definition) is 15. The van der Waals surface area contributed by atoms with Crippen LogP contribution in [0.1, 0.15) is 32.1 Å². The minimum Gasteiger partial charge on any atom is -0.394 e. The van der Waals surface area contributed by atoms with Gasteiger partial charge >= 0.3 is 0 Å². The Morgan fingerprint density at radius 2 is 1.41 bits per heavy atom. The number of rotatable bonds is 16. The number of aliphatic hydroxyl groups is 7. The van der Waals surface area contributed by atoms with E-state index in [-0.39, 0.29) is 25.1 Å². The molecule has 21 N–H and O–H groups in total. The van der Waals surface area contributed by atoms with Crippen LogP contribution in [-0.4, -0.2) is 197 Å². The topological polar surface area (TPSA) is 394 Å². The van der Waals surface area contributed by atoms with Gasteiger partial charge in [0.1, 0.15) is 61.0 Å². The first-order valence-electron chi connectivity index (χ1n) is 18.7. The monoisotopic (exact) mass is 782 g/mol. The molecule has 0 unspecified atom stereocenters. The van der Waals surface area contributed by atoms with Gasteiger partial charge in [-0.05, 0) is 44.6 Å². The summed E-state index contributed by atoms with van der Waals surface area (Å²) in [6.45, 7) is 0.0427. The molecule has 19 atom stereocenters. The van der Waals surface area contributed by atoms with Gasteiger partial charge in [0.25, 0.3) is 5.91 Å². The van der Waals surface area contributed by atoms with Crippen molar-refractivity contribution < 1.29 is 69.0 Å². The largest absolute Gasteiger partial charge is 0.394 e. The van der Waals surface area contributed by atoms with Crippen molar-refractivity contribution in [2.75, 3.05) is 32.8 Å². The molecule has 54 heavy (non-hydrogen) atoms. The molecular formula is C32H62N8O14. The summed E-state index contributed by atoms with van der Waals surface area (Å²) in [6.07, 6.45) is -17.2. The summed E-state index contributed by atoms with van der Waals surface area (Å²) in [5.74, 6) is -0.527. The first kappa shape index (κ1) is 43.8. The fourth-order valence-corrected chi connectivity index (χ4v) is 7.71. The molecule has 22 nitrogen and oxygen atoms in total. The number of ether oxygens (including phenoxy) is 6. The molecule has 0 bridgehead atoms. The summed E-state index contributed by atoms with van der Waals surface area (Å²) in [5.41, 5.74) is 36.1. The molecule has 5 aliphatic rings. The highest BCUT2D eigenvalue weighted by molar-refractivity contribution is 5.81. The van der Waals surface area contributed by atoms with Crippen LogP contribution in [0.4, 0.5) is 0 Å². The van der Waals surface area contributed by atoms with Crippen LogP contribution in [-0.2, 0) is 33.2 Å². The molecule has 22 heteroatoms. The lowest BCUT2D eigenvalue weighted by atomic mass is 9.81. The average molecular weight is 783 g/mol. The maximum absolute atomic E-state index is 12.8. The molecule has 1 amide bonds. The molecule has 5 rings (SSSR count). The van der Waals surface area contributed by atoms with Crippen molar-refractivity contribution in [2.24, 2.45) is 40.3 Å². The van der Waals surface area contributed by atoms with E-state index in [0.717, 1.165) is 19.4 Å². The van der Waals surface area contributed by atoms with Crippen LogP contribution in [0.5, 0.6) is 0 Å². The Labute approximate surface area is 313 Å². The van der Waals surface area contributed by atoms with Gasteiger partial charge in [-0.2, -0.15) is 0 Å². The van der Waals surface area contributed by atoms with Crippen molar-refractivity contribution in [1.82, 2.24) is 10.6 Å². The number of carbonyl (C=O) groups is 1. The van der Waals surface area contributed by atoms with E-state index in [1.54, 1.807) is 0 Å². The maximum Gasteiger partial charge on any atom is 0.251 e. The first-order valence-corrected chi connectivity index (χ1v) is 18.7. The minimum atomic E-state index is -1.91. The minimum absolute atomic E-state index is 0.0915. The van der Waals surface area contributed by atoms with Gasteiger partial charge in [-0.25, -0.2) is 0 Å². The number of aliphatic hydroxyl groups excluding tert-OH is 7. The van der Waals surface area contributed by atoms with E-state index in [1.807, 2.05) is 0 Å². The van der Waals surface area contributed by atoms with Crippen LogP contribution in [0.25, 0.3) is 0 Å². The van der Waals surface area contributed by atoms with Crippen LogP contribution >= 0.6 is 0 Å². The van der Waals surface area contributed by atoms with Crippen molar-refractivity contribution in [3.8, 4) is 0 Å². The predicted molar refractivity (Wildman–Crippen MR) is 185 cm³/mol. The third-order valence-electron chi connectivity index (χ3n) is 11.1. The standard InChI is InChI=1S/C32H62N8O14/c33-6-17(42)22(44)29(48)40-16-5-15(37)26(52-30-14(36)2-1-13(49-30)9-39-8-11-3-12(35)4-11)28(21(16)43)54-32-25(47)27(19(10-41)51-32)53-31-20(38)24(46)23(45)18(7-34)50-31/h11-28,30-32,39,41-47H,1-10,33-38H2,(H,40,48)/t11?,12?,13-,14+,15-,16+,17-,18-,19+,20+,21-,22-,23+,24+,25+,26+,27+,28+,30+,31+,32-/m0/s1. The van der Waals surface area contributed by atoms with Crippen molar-refractivity contribution in [1.29, 1.82) is 0 Å². The van der Waals surface area contributed by atoms with Gasteiger partial charge in [-0.1, -0.05) is 0 Å². The van der Waals surface area contributed by atoms with Gasteiger partial charge in [0.2, 0.25) is 0 Å². The Kier molecular flexibility index (Phi) is 15.7. The van der Waals surface area contributed by atoms with Crippen molar-refractivity contribution >= 4 is 5.91 Å². The molecule has 314 valence electrons. The van der Waals surface area contributed by atoms with E-state index >= 15 is 0 Å². The van der Waals surface area contributed by atoms with Gasteiger partial charge in [0.05, 0.1) is 30.8 Å². The van der Waals surface area contributed by atoms with Crippen LogP contribution in [0, 0.1) is 5.92 Å². The van der Waals surface area contributed by atoms with Gasteiger partial charge < -0.3 is 109 Å².